The molecule has 0 spiro atoms. The van der Waals surface area contributed by atoms with Crippen molar-refractivity contribution in [1.82, 2.24) is 0 Å². The molecule has 100 valence electrons. The number of aromatic hydroxyl groups is 1. The summed E-state index contributed by atoms with van der Waals surface area (Å²) in [6.07, 6.45) is 0. The minimum Gasteiger partial charge on any atom is -0.508 e. The zero-order chi connectivity index (χ0) is 13.8. The van der Waals surface area contributed by atoms with Gasteiger partial charge >= 0.3 is 0 Å². The van der Waals surface area contributed by atoms with Crippen molar-refractivity contribution in [3.8, 4) is 11.5 Å². The quantitative estimate of drug-likeness (QED) is 0.911. The van der Waals surface area contributed by atoms with Crippen molar-refractivity contribution in [1.29, 1.82) is 0 Å². The largest absolute Gasteiger partial charge is 0.508 e. The summed E-state index contributed by atoms with van der Waals surface area (Å²) in [7, 11) is 3.72. The highest BCUT2D eigenvalue weighted by atomic mass is 16.5. The molecule has 0 saturated heterocycles. The third-order valence-electron chi connectivity index (χ3n) is 3.31. The van der Waals surface area contributed by atoms with E-state index >= 15 is 0 Å². The number of rotatable bonds is 4. The molecule has 0 bridgehead atoms. The van der Waals surface area contributed by atoms with E-state index in [1.165, 1.54) is 5.56 Å². The fourth-order valence-electron chi connectivity index (χ4n) is 2.11. The molecule has 0 fully saturated rings. The molecular formula is C16H19NO2. The highest BCUT2D eigenvalue weighted by Gasteiger charge is 2.07. The van der Waals surface area contributed by atoms with E-state index in [1.807, 2.05) is 31.3 Å². The van der Waals surface area contributed by atoms with E-state index in [-0.39, 0.29) is 5.75 Å². The summed E-state index contributed by atoms with van der Waals surface area (Å²) >= 11 is 0. The smallest absolute Gasteiger partial charge is 0.122 e. The number of phenols is 1. The summed E-state index contributed by atoms with van der Waals surface area (Å²) in [5.74, 6) is 1.20. The standard InChI is InChI=1S/C16H19NO2/c1-12-13(5-4-6-16(12)19-3)11-17(2)14-7-9-15(18)10-8-14/h4-10,18H,11H2,1-3H3. The van der Waals surface area contributed by atoms with Gasteiger partial charge in [0.1, 0.15) is 11.5 Å². The fourth-order valence-corrected chi connectivity index (χ4v) is 2.11. The SMILES string of the molecule is COc1cccc(CN(C)c2ccc(O)cc2)c1C. The first-order chi connectivity index (χ1) is 9.11. The minimum absolute atomic E-state index is 0.287. The van der Waals surface area contributed by atoms with Gasteiger partial charge in [0.2, 0.25) is 0 Å². The predicted octanol–water partition coefficient (Wildman–Crippen LogP) is 3.35. The Balaban J connectivity index is 2.19. The Morgan fingerprint density at radius 2 is 1.79 bits per heavy atom. The van der Waals surface area contributed by atoms with E-state index in [0.29, 0.717) is 0 Å². The van der Waals surface area contributed by atoms with Crippen LogP contribution in [0.2, 0.25) is 0 Å². The predicted molar refractivity (Wildman–Crippen MR) is 77.9 cm³/mol. The van der Waals surface area contributed by atoms with E-state index < -0.39 is 0 Å². The molecule has 0 aliphatic carbocycles. The molecule has 1 N–H and O–H groups in total. The normalized spacial score (nSPS) is 10.3. The third-order valence-corrected chi connectivity index (χ3v) is 3.31. The van der Waals surface area contributed by atoms with Crippen molar-refractivity contribution in [3.05, 3.63) is 53.6 Å². The number of benzene rings is 2. The summed E-state index contributed by atoms with van der Waals surface area (Å²) in [5.41, 5.74) is 3.46. The van der Waals surface area contributed by atoms with Crippen LogP contribution in [-0.4, -0.2) is 19.3 Å². The molecule has 3 heteroatoms. The second-order valence-electron chi connectivity index (χ2n) is 4.62. The fraction of sp³-hybridized carbons (Fsp3) is 0.250. The van der Waals surface area contributed by atoms with Gasteiger partial charge in [-0.05, 0) is 48.4 Å². The molecule has 19 heavy (non-hydrogen) atoms. The van der Waals surface area contributed by atoms with E-state index in [9.17, 15) is 5.11 Å². The molecule has 0 aliphatic rings. The molecule has 0 heterocycles. The number of hydrogen-bond donors (Lipinski definition) is 1. The monoisotopic (exact) mass is 257 g/mol. The lowest BCUT2D eigenvalue weighted by atomic mass is 10.1. The Kier molecular flexibility index (Phi) is 3.95. The summed E-state index contributed by atoms with van der Waals surface area (Å²) < 4.78 is 5.34. The molecule has 2 rings (SSSR count). The molecule has 2 aromatic rings. The second-order valence-corrected chi connectivity index (χ2v) is 4.62. The van der Waals surface area contributed by atoms with Gasteiger partial charge in [0.25, 0.3) is 0 Å². The minimum atomic E-state index is 0.287. The Hall–Kier alpha value is -2.16. The van der Waals surface area contributed by atoms with Gasteiger partial charge < -0.3 is 14.7 Å². The Labute approximate surface area is 114 Å². The van der Waals surface area contributed by atoms with Crippen molar-refractivity contribution in [2.75, 3.05) is 19.1 Å². The maximum Gasteiger partial charge on any atom is 0.122 e. The van der Waals surface area contributed by atoms with Crippen molar-refractivity contribution in [2.24, 2.45) is 0 Å². The van der Waals surface area contributed by atoms with Crippen molar-refractivity contribution in [2.45, 2.75) is 13.5 Å². The van der Waals surface area contributed by atoms with Crippen LogP contribution >= 0.6 is 0 Å². The first-order valence-corrected chi connectivity index (χ1v) is 6.24. The number of methoxy groups -OCH3 is 1. The van der Waals surface area contributed by atoms with Crippen LogP contribution in [0.5, 0.6) is 11.5 Å². The number of hydrogen-bond acceptors (Lipinski definition) is 3. The molecule has 0 atom stereocenters. The van der Waals surface area contributed by atoms with Gasteiger partial charge in [-0.1, -0.05) is 12.1 Å². The molecule has 3 nitrogen and oxygen atoms in total. The van der Waals surface area contributed by atoms with E-state index in [1.54, 1.807) is 19.2 Å². The van der Waals surface area contributed by atoms with Gasteiger partial charge in [-0.3, -0.25) is 0 Å². The molecular weight excluding hydrogens is 238 g/mol. The van der Waals surface area contributed by atoms with Gasteiger partial charge in [-0.25, -0.2) is 0 Å². The highest BCUT2D eigenvalue weighted by molar-refractivity contribution is 5.50. The van der Waals surface area contributed by atoms with Gasteiger partial charge in [-0.2, -0.15) is 0 Å². The zero-order valence-electron chi connectivity index (χ0n) is 11.6. The molecule has 0 unspecified atom stereocenters. The lowest BCUT2D eigenvalue weighted by Crippen LogP contribution is -2.17. The van der Waals surface area contributed by atoms with Gasteiger partial charge in [0.15, 0.2) is 0 Å². The number of phenolic OH excluding ortho intramolecular Hbond substituents is 1. The van der Waals surface area contributed by atoms with Crippen molar-refractivity contribution >= 4 is 5.69 Å². The van der Waals surface area contributed by atoms with Gasteiger partial charge in [0.05, 0.1) is 7.11 Å². The van der Waals surface area contributed by atoms with Crippen LogP contribution in [0.4, 0.5) is 5.69 Å². The molecule has 0 radical (unpaired) electrons. The Morgan fingerprint density at radius 3 is 2.42 bits per heavy atom. The van der Waals surface area contributed by atoms with E-state index in [4.69, 9.17) is 4.74 Å². The summed E-state index contributed by atoms with van der Waals surface area (Å²) in [6, 6.07) is 13.3. The van der Waals surface area contributed by atoms with Crippen LogP contribution in [0.1, 0.15) is 11.1 Å². The number of nitrogens with zero attached hydrogens (tertiary/aromatic N) is 1. The first-order valence-electron chi connectivity index (χ1n) is 6.24. The van der Waals surface area contributed by atoms with Crippen molar-refractivity contribution in [3.63, 3.8) is 0 Å². The molecule has 0 saturated carbocycles. The van der Waals surface area contributed by atoms with Crippen LogP contribution in [0.3, 0.4) is 0 Å². The van der Waals surface area contributed by atoms with Crippen LogP contribution < -0.4 is 9.64 Å². The Morgan fingerprint density at radius 1 is 1.11 bits per heavy atom. The maximum absolute atomic E-state index is 9.31. The zero-order valence-corrected chi connectivity index (χ0v) is 11.6. The second kappa shape index (κ2) is 5.65. The molecule has 0 amide bonds. The van der Waals surface area contributed by atoms with Crippen LogP contribution in [0.15, 0.2) is 42.5 Å². The maximum atomic E-state index is 9.31. The average Bonchev–Trinajstić information content (AvgIpc) is 2.42. The number of ether oxygens (including phenoxy) is 1. The molecule has 2 aromatic carbocycles. The summed E-state index contributed by atoms with van der Waals surface area (Å²) in [6.45, 7) is 2.87. The van der Waals surface area contributed by atoms with Crippen LogP contribution in [0.25, 0.3) is 0 Å². The van der Waals surface area contributed by atoms with Gasteiger partial charge in [0, 0.05) is 19.3 Å². The van der Waals surface area contributed by atoms with E-state index in [2.05, 4.69) is 17.9 Å². The summed E-state index contributed by atoms with van der Waals surface area (Å²) in [4.78, 5) is 2.14. The van der Waals surface area contributed by atoms with Gasteiger partial charge in [-0.15, -0.1) is 0 Å². The lowest BCUT2D eigenvalue weighted by Gasteiger charge is -2.21. The average molecular weight is 257 g/mol. The first kappa shape index (κ1) is 13.3. The molecule has 0 aromatic heterocycles. The number of anilines is 1. The highest BCUT2D eigenvalue weighted by Crippen LogP contribution is 2.24. The Bertz CT molecular complexity index is 549. The molecule has 0 aliphatic heterocycles. The van der Waals surface area contributed by atoms with Crippen LogP contribution in [0, 0.1) is 6.92 Å². The van der Waals surface area contributed by atoms with Crippen molar-refractivity contribution < 1.29 is 9.84 Å². The topological polar surface area (TPSA) is 32.7 Å². The third kappa shape index (κ3) is 2.99. The lowest BCUT2D eigenvalue weighted by molar-refractivity contribution is 0.411. The van der Waals surface area contributed by atoms with Crippen LogP contribution in [-0.2, 0) is 6.54 Å². The summed E-state index contributed by atoms with van der Waals surface area (Å²) in [5, 5.41) is 9.31. The van der Waals surface area contributed by atoms with E-state index in [0.717, 1.165) is 23.5 Å².